The molecule has 24 heavy (non-hydrogen) atoms. The molecule has 0 aliphatic carbocycles. The number of hydrogen-bond donors (Lipinski definition) is 0. The molecule has 2 aromatic rings. The number of nitrogens with zero attached hydrogens (tertiary/aromatic N) is 3. The largest absolute Gasteiger partial charge is 0.376 e. The van der Waals surface area contributed by atoms with E-state index in [9.17, 15) is 4.79 Å². The first kappa shape index (κ1) is 17.1. The van der Waals surface area contributed by atoms with Crippen LogP contribution in [0.4, 0.5) is 0 Å². The number of thiazole rings is 1. The minimum atomic E-state index is -0.0473. The number of carbonyl (C=O) groups excluding carboxylic acids is 1. The van der Waals surface area contributed by atoms with Crippen LogP contribution in [0.2, 0.25) is 0 Å². The summed E-state index contributed by atoms with van der Waals surface area (Å²) in [6.45, 7) is 7.57. The van der Waals surface area contributed by atoms with Crippen molar-refractivity contribution in [2.24, 2.45) is 0 Å². The predicted octanol–water partition coefficient (Wildman–Crippen LogP) is 3.13. The quantitative estimate of drug-likeness (QED) is 0.801. The van der Waals surface area contributed by atoms with E-state index >= 15 is 0 Å². The standard InChI is InChI=1S/C17H23N3O3S/c1-4-14-16(12(3)23-19-14)17(21)20(8-13-6-5-7-22-13)9-15-18-11(2)10-24-15/h10,13H,4-9H2,1-3H3/t13-/m0/s1. The van der Waals surface area contributed by atoms with Gasteiger partial charge in [0.2, 0.25) is 0 Å². The molecule has 3 rings (SSSR count). The van der Waals surface area contributed by atoms with E-state index in [-0.39, 0.29) is 12.0 Å². The van der Waals surface area contributed by atoms with Crippen molar-refractivity contribution in [3.8, 4) is 0 Å². The summed E-state index contributed by atoms with van der Waals surface area (Å²) >= 11 is 1.58. The van der Waals surface area contributed by atoms with Gasteiger partial charge in [-0.3, -0.25) is 4.79 Å². The fourth-order valence-electron chi connectivity index (χ4n) is 2.98. The number of carbonyl (C=O) groups is 1. The van der Waals surface area contributed by atoms with Gasteiger partial charge in [-0.2, -0.15) is 0 Å². The molecule has 0 spiro atoms. The topological polar surface area (TPSA) is 68.5 Å². The van der Waals surface area contributed by atoms with Gasteiger partial charge < -0.3 is 14.2 Å². The molecule has 0 N–H and O–H groups in total. The van der Waals surface area contributed by atoms with Gasteiger partial charge >= 0.3 is 0 Å². The zero-order valence-electron chi connectivity index (χ0n) is 14.4. The van der Waals surface area contributed by atoms with Gasteiger partial charge in [0, 0.05) is 24.2 Å². The second-order valence-electron chi connectivity index (χ2n) is 6.12. The number of hydrogen-bond acceptors (Lipinski definition) is 6. The van der Waals surface area contributed by atoms with Gasteiger partial charge in [-0.15, -0.1) is 11.3 Å². The molecule has 1 aliphatic rings. The molecular formula is C17H23N3O3S. The molecule has 0 bridgehead atoms. The highest BCUT2D eigenvalue weighted by molar-refractivity contribution is 7.09. The van der Waals surface area contributed by atoms with Gasteiger partial charge in [0.05, 0.1) is 18.3 Å². The van der Waals surface area contributed by atoms with Gasteiger partial charge in [0.15, 0.2) is 0 Å². The van der Waals surface area contributed by atoms with Crippen LogP contribution in [0.3, 0.4) is 0 Å². The number of amides is 1. The first-order chi connectivity index (χ1) is 11.6. The monoisotopic (exact) mass is 349 g/mol. The summed E-state index contributed by atoms with van der Waals surface area (Å²) < 4.78 is 11.0. The third-order valence-corrected chi connectivity index (χ3v) is 5.16. The lowest BCUT2D eigenvalue weighted by molar-refractivity contribution is 0.0505. The van der Waals surface area contributed by atoms with Crippen LogP contribution in [0.15, 0.2) is 9.90 Å². The van der Waals surface area contributed by atoms with Crippen molar-refractivity contribution in [2.75, 3.05) is 13.2 Å². The fraction of sp³-hybridized carbons (Fsp3) is 0.588. The van der Waals surface area contributed by atoms with Crippen molar-refractivity contribution < 1.29 is 14.1 Å². The van der Waals surface area contributed by atoms with E-state index in [1.807, 2.05) is 24.1 Å². The lowest BCUT2D eigenvalue weighted by Gasteiger charge is -2.24. The molecule has 3 heterocycles. The Bertz CT molecular complexity index is 704. The maximum atomic E-state index is 13.2. The molecule has 130 valence electrons. The molecule has 0 radical (unpaired) electrons. The van der Waals surface area contributed by atoms with Crippen molar-refractivity contribution >= 4 is 17.2 Å². The summed E-state index contributed by atoms with van der Waals surface area (Å²) in [6, 6.07) is 0. The lowest BCUT2D eigenvalue weighted by Crippen LogP contribution is -2.37. The Labute approximate surface area is 145 Å². The lowest BCUT2D eigenvalue weighted by atomic mass is 10.1. The highest BCUT2D eigenvalue weighted by Gasteiger charge is 2.28. The number of aromatic nitrogens is 2. The van der Waals surface area contributed by atoms with Gasteiger partial charge in [-0.1, -0.05) is 12.1 Å². The highest BCUT2D eigenvalue weighted by atomic mass is 32.1. The van der Waals surface area contributed by atoms with Crippen LogP contribution in [-0.2, 0) is 17.7 Å². The molecule has 7 heteroatoms. The van der Waals surface area contributed by atoms with Crippen LogP contribution in [0.25, 0.3) is 0 Å². The van der Waals surface area contributed by atoms with Crippen molar-refractivity contribution in [1.29, 1.82) is 0 Å². The van der Waals surface area contributed by atoms with Crippen molar-refractivity contribution in [3.05, 3.63) is 33.1 Å². The molecule has 6 nitrogen and oxygen atoms in total. The first-order valence-corrected chi connectivity index (χ1v) is 9.23. The molecule has 1 atom stereocenters. The van der Waals surface area contributed by atoms with E-state index < -0.39 is 0 Å². The maximum absolute atomic E-state index is 13.2. The summed E-state index contributed by atoms with van der Waals surface area (Å²) in [5.41, 5.74) is 2.28. The number of aryl methyl sites for hydroxylation is 3. The number of rotatable bonds is 6. The Morgan fingerprint density at radius 2 is 2.29 bits per heavy atom. The van der Waals surface area contributed by atoms with Crippen LogP contribution in [0.1, 0.15) is 52.3 Å². The molecule has 1 fully saturated rings. The Kier molecular flexibility index (Phi) is 5.30. The first-order valence-electron chi connectivity index (χ1n) is 8.35. The van der Waals surface area contributed by atoms with E-state index in [1.54, 1.807) is 18.3 Å². The molecule has 1 saturated heterocycles. The molecule has 1 amide bonds. The van der Waals surface area contributed by atoms with E-state index in [0.717, 1.165) is 30.2 Å². The van der Waals surface area contributed by atoms with Gasteiger partial charge in [0.1, 0.15) is 16.3 Å². The van der Waals surface area contributed by atoms with Crippen molar-refractivity contribution in [3.63, 3.8) is 0 Å². The molecule has 0 saturated carbocycles. The summed E-state index contributed by atoms with van der Waals surface area (Å²) in [5, 5.41) is 6.96. The van der Waals surface area contributed by atoms with Gasteiger partial charge in [-0.05, 0) is 33.1 Å². The van der Waals surface area contributed by atoms with E-state index in [0.29, 0.717) is 36.5 Å². The molecule has 0 aromatic carbocycles. The summed E-state index contributed by atoms with van der Waals surface area (Å²) in [7, 11) is 0. The molecule has 1 aliphatic heterocycles. The van der Waals surface area contributed by atoms with Crippen LogP contribution in [0.5, 0.6) is 0 Å². The van der Waals surface area contributed by atoms with Crippen LogP contribution < -0.4 is 0 Å². The van der Waals surface area contributed by atoms with Crippen LogP contribution in [0, 0.1) is 13.8 Å². The SMILES string of the molecule is CCc1noc(C)c1C(=O)N(Cc1nc(C)cs1)C[C@@H]1CCCO1. The average molecular weight is 349 g/mol. The summed E-state index contributed by atoms with van der Waals surface area (Å²) in [6.07, 6.45) is 2.81. The van der Waals surface area contributed by atoms with Crippen molar-refractivity contribution in [1.82, 2.24) is 15.0 Å². The average Bonchev–Trinajstić information content (AvgIpc) is 3.28. The van der Waals surface area contributed by atoms with E-state index in [2.05, 4.69) is 10.1 Å². The zero-order valence-corrected chi connectivity index (χ0v) is 15.2. The van der Waals surface area contributed by atoms with Crippen LogP contribution >= 0.6 is 11.3 Å². The predicted molar refractivity (Wildman–Crippen MR) is 91.2 cm³/mol. The van der Waals surface area contributed by atoms with Gasteiger partial charge in [0.25, 0.3) is 5.91 Å². The highest BCUT2D eigenvalue weighted by Crippen LogP contribution is 2.22. The number of ether oxygens (including phenoxy) is 1. The van der Waals surface area contributed by atoms with E-state index in [4.69, 9.17) is 9.26 Å². The molecule has 2 aromatic heterocycles. The normalized spacial score (nSPS) is 17.4. The second kappa shape index (κ2) is 7.44. The Morgan fingerprint density at radius 1 is 1.46 bits per heavy atom. The Morgan fingerprint density at radius 3 is 2.92 bits per heavy atom. The van der Waals surface area contributed by atoms with Gasteiger partial charge in [-0.25, -0.2) is 4.98 Å². The molecular weight excluding hydrogens is 326 g/mol. The molecule has 0 unspecified atom stereocenters. The Hall–Kier alpha value is -1.73. The summed E-state index contributed by atoms with van der Waals surface area (Å²) in [4.78, 5) is 19.5. The Balaban J connectivity index is 1.84. The third-order valence-electron chi connectivity index (χ3n) is 4.21. The smallest absolute Gasteiger partial charge is 0.259 e. The minimum absolute atomic E-state index is 0.0473. The zero-order chi connectivity index (χ0) is 17.1. The summed E-state index contributed by atoms with van der Waals surface area (Å²) in [5.74, 6) is 0.526. The minimum Gasteiger partial charge on any atom is -0.376 e. The van der Waals surface area contributed by atoms with Crippen molar-refractivity contribution in [2.45, 2.75) is 52.7 Å². The third kappa shape index (κ3) is 3.67. The fourth-order valence-corrected chi connectivity index (χ4v) is 3.77. The maximum Gasteiger partial charge on any atom is 0.259 e. The second-order valence-corrected chi connectivity index (χ2v) is 7.06. The van der Waals surface area contributed by atoms with E-state index in [1.165, 1.54) is 0 Å². The van der Waals surface area contributed by atoms with Crippen LogP contribution in [-0.4, -0.2) is 40.2 Å².